The lowest BCUT2D eigenvalue weighted by Gasteiger charge is -2.33. The molecule has 2 aliphatic heterocycles. The molecule has 3 N–H and O–H groups in total. The maximum absolute atomic E-state index is 13.2. The molecular weight excluding hydrogens is 820 g/mol. The van der Waals surface area contributed by atoms with E-state index in [0.717, 1.165) is 62.0 Å². The highest BCUT2D eigenvalue weighted by Crippen LogP contribution is 2.25. The van der Waals surface area contributed by atoms with E-state index in [2.05, 4.69) is 0 Å². The van der Waals surface area contributed by atoms with Gasteiger partial charge in [-0.15, -0.1) is 0 Å². The maximum atomic E-state index is 13.2. The van der Waals surface area contributed by atoms with Gasteiger partial charge in [-0.25, -0.2) is 9.59 Å². The number of piperidine rings is 2. The van der Waals surface area contributed by atoms with Gasteiger partial charge >= 0.3 is 24.1 Å². The third kappa shape index (κ3) is 13.0. The third-order valence-electron chi connectivity index (χ3n) is 10.1. The SMILES string of the molecule is NCC(=O)c1ccc(CN(C(=O)N2CCCCC2)c2ccc(Cl)cc2)cc1.O=C(CNC(=O)C(F)(F)F)c1ccc(CN(C(=O)N2CCCCC2)c2ccc(Cl)cc2)cc1. The normalized spacial score (nSPS) is 14.0. The Morgan fingerprint density at radius 1 is 0.567 bits per heavy atom. The molecule has 5 amide bonds. The zero-order valence-electron chi connectivity index (χ0n) is 32.9. The van der Waals surface area contributed by atoms with E-state index in [0.29, 0.717) is 40.9 Å². The first-order chi connectivity index (χ1) is 28.7. The average molecular weight is 868 g/mol. The number of carbonyl (C=O) groups excluding carboxylic acids is 5. The summed E-state index contributed by atoms with van der Waals surface area (Å²) in [4.78, 5) is 68.2. The number of amides is 5. The second-order valence-electron chi connectivity index (χ2n) is 14.4. The van der Waals surface area contributed by atoms with Crippen LogP contribution in [-0.4, -0.2) is 84.8 Å². The summed E-state index contributed by atoms with van der Waals surface area (Å²) < 4.78 is 36.8. The van der Waals surface area contributed by atoms with Crippen LogP contribution in [0.4, 0.5) is 34.1 Å². The van der Waals surface area contributed by atoms with Crippen molar-refractivity contribution >= 4 is 64.1 Å². The van der Waals surface area contributed by atoms with Crippen molar-refractivity contribution < 1.29 is 37.1 Å². The fourth-order valence-electron chi connectivity index (χ4n) is 6.73. The predicted octanol–water partition coefficient (Wildman–Crippen LogP) is 8.91. The summed E-state index contributed by atoms with van der Waals surface area (Å²) in [6, 6.07) is 27.5. The van der Waals surface area contributed by atoms with Crippen molar-refractivity contribution in [2.24, 2.45) is 5.73 Å². The second-order valence-corrected chi connectivity index (χ2v) is 15.3. The molecular formula is C44H47Cl2F3N6O5. The molecule has 0 bridgehead atoms. The number of alkyl halides is 3. The highest BCUT2D eigenvalue weighted by atomic mass is 35.5. The van der Waals surface area contributed by atoms with Crippen LogP contribution in [0.15, 0.2) is 97.1 Å². The molecule has 60 heavy (non-hydrogen) atoms. The quantitative estimate of drug-likeness (QED) is 0.145. The maximum Gasteiger partial charge on any atom is 0.471 e. The van der Waals surface area contributed by atoms with Crippen LogP contribution >= 0.6 is 23.2 Å². The lowest BCUT2D eigenvalue weighted by atomic mass is 10.1. The molecule has 0 atom stereocenters. The molecule has 2 heterocycles. The Balaban J connectivity index is 0.000000232. The van der Waals surface area contributed by atoms with Crippen LogP contribution in [0.1, 0.15) is 70.4 Å². The Hall–Kier alpha value is -5.44. The van der Waals surface area contributed by atoms with Gasteiger partial charge in [-0.2, -0.15) is 13.2 Å². The molecule has 4 aromatic rings. The molecule has 0 aromatic heterocycles. The van der Waals surface area contributed by atoms with Crippen molar-refractivity contribution in [3.8, 4) is 0 Å². The van der Waals surface area contributed by atoms with Gasteiger partial charge in [0.05, 0.1) is 26.2 Å². The average Bonchev–Trinajstić information content (AvgIpc) is 3.27. The van der Waals surface area contributed by atoms with Crippen LogP contribution in [0.2, 0.25) is 10.0 Å². The molecule has 11 nitrogen and oxygen atoms in total. The molecule has 2 fully saturated rings. The minimum absolute atomic E-state index is 0.000802. The minimum atomic E-state index is -5.05. The molecule has 16 heteroatoms. The number of Topliss-reactive ketones (excluding diaryl/α,β-unsaturated/α-hetero) is 2. The highest BCUT2D eigenvalue weighted by molar-refractivity contribution is 6.31. The molecule has 0 saturated carbocycles. The Morgan fingerprint density at radius 3 is 1.28 bits per heavy atom. The number of hydrogen-bond acceptors (Lipinski definition) is 6. The van der Waals surface area contributed by atoms with Gasteiger partial charge in [0.2, 0.25) is 0 Å². The molecule has 318 valence electrons. The van der Waals surface area contributed by atoms with E-state index in [1.807, 2.05) is 29.2 Å². The van der Waals surface area contributed by atoms with Crippen LogP contribution in [0.3, 0.4) is 0 Å². The number of nitrogens with one attached hydrogen (secondary N) is 1. The summed E-state index contributed by atoms with van der Waals surface area (Å²) in [6.07, 6.45) is 1.18. The summed E-state index contributed by atoms with van der Waals surface area (Å²) >= 11 is 12.0. The summed E-state index contributed by atoms with van der Waals surface area (Å²) in [5.74, 6) is -2.92. The minimum Gasteiger partial charge on any atom is -0.341 e. The van der Waals surface area contributed by atoms with E-state index in [4.69, 9.17) is 28.9 Å². The number of benzene rings is 4. The van der Waals surface area contributed by atoms with E-state index in [1.54, 1.807) is 80.7 Å². The van der Waals surface area contributed by atoms with Gasteiger partial charge in [-0.05, 0) is 98.2 Å². The van der Waals surface area contributed by atoms with Gasteiger partial charge in [0.15, 0.2) is 11.6 Å². The van der Waals surface area contributed by atoms with E-state index in [1.165, 1.54) is 18.6 Å². The van der Waals surface area contributed by atoms with Gasteiger partial charge in [0.1, 0.15) is 0 Å². The number of urea groups is 2. The fraction of sp³-hybridized carbons (Fsp3) is 0.341. The lowest BCUT2D eigenvalue weighted by molar-refractivity contribution is -0.173. The summed E-state index contributed by atoms with van der Waals surface area (Å²) in [5, 5.41) is 2.74. The van der Waals surface area contributed by atoms with Crippen molar-refractivity contribution in [1.82, 2.24) is 15.1 Å². The Morgan fingerprint density at radius 2 is 0.933 bits per heavy atom. The summed E-state index contributed by atoms with van der Waals surface area (Å²) in [5.41, 5.74) is 9.30. The Labute approximate surface area is 357 Å². The largest absolute Gasteiger partial charge is 0.471 e. The van der Waals surface area contributed by atoms with E-state index >= 15 is 0 Å². The first kappa shape index (κ1) is 45.6. The molecule has 2 aliphatic rings. The van der Waals surface area contributed by atoms with Crippen LogP contribution in [-0.2, 0) is 17.9 Å². The first-order valence-corrected chi connectivity index (χ1v) is 20.4. The molecule has 0 aliphatic carbocycles. The molecule has 0 radical (unpaired) electrons. The van der Waals surface area contributed by atoms with Gasteiger partial charge in [-0.1, -0.05) is 71.7 Å². The molecule has 0 unspecified atom stereocenters. The Bertz CT molecular complexity index is 2070. The predicted molar refractivity (Wildman–Crippen MR) is 227 cm³/mol. The molecule has 0 spiro atoms. The number of ketones is 2. The summed E-state index contributed by atoms with van der Waals surface area (Å²) in [7, 11) is 0. The number of halogens is 5. The van der Waals surface area contributed by atoms with E-state index in [-0.39, 0.29) is 36.5 Å². The van der Waals surface area contributed by atoms with Gasteiger partial charge in [0.25, 0.3) is 0 Å². The van der Waals surface area contributed by atoms with Crippen molar-refractivity contribution in [3.63, 3.8) is 0 Å². The number of likely N-dealkylation sites (tertiary alicyclic amines) is 2. The number of nitrogens with zero attached hydrogens (tertiary/aromatic N) is 4. The van der Waals surface area contributed by atoms with Crippen molar-refractivity contribution in [2.45, 2.75) is 57.8 Å². The highest BCUT2D eigenvalue weighted by Gasteiger charge is 2.38. The number of carbonyl (C=O) groups is 5. The van der Waals surface area contributed by atoms with Gasteiger partial charge in [-0.3, -0.25) is 24.2 Å². The lowest BCUT2D eigenvalue weighted by Crippen LogP contribution is -2.45. The fourth-order valence-corrected chi connectivity index (χ4v) is 6.98. The topological polar surface area (TPSA) is 136 Å². The van der Waals surface area contributed by atoms with E-state index in [9.17, 15) is 37.1 Å². The van der Waals surface area contributed by atoms with Crippen molar-refractivity contribution in [3.05, 3.63) is 129 Å². The van der Waals surface area contributed by atoms with Crippen LogP contribution in [0.5, 0.6) is 0 Å². The molecule has 6 rings (SSSR count). The van der Waals surface area contributed by atoms with Crippen LogP contribution < -0.4 is 20.9 Å². The van der Waals surface area contributed by atoms with Crippen molar-refractivity contribution in [1.29, 1.82) is 0 Å². The van der Waals surface area contributed by atoms with Gasteiger partial charge < -0.3 is 20.9 Å². The smallest absolute Gasteiger partial charge is 0.341 e. The number of anilines is 2. The van der Waals surface area contributed by atoms with Crippen LogP contribution in [0.25, 0.3) is 0 Å². The molecule has 4 aromatic carbocycles. The van der Waals surface area contributed by atoms with Crippen LogP contribution in [0, 0.1) is 0 Å². The zero-order chi connectivity index (χ0) is 43.2. The monoisotopic (exact) mass is 866 g/mol. The standard InChI is InChI=1S/C23H23ClF3N3O3.C21H24ClN3O2/c24-18-8-10-19(11-9-18)30(22(33)29-12-2-1-3-13-29)15-16-4-6-17(7-5-16)20(31)14-28-21(32)23(25,26)27;22-18-8-10-19(11-9-18)25(21(27)24-12-2-1-3-13-24)15-16-4-6-17(7-5-16)20(26)14-23/h4-11H,1-3,12-15H2,(H,28,32);4-11H,1-3,12-15,23H2. The third-order valence-corrected chi connectivity index (χ3v) is 10.6. The molecule has 2 saturated heterocycles. The number of hydrogen-bond donors (Lipinski definition) is 2. The Kier molecular flexibility index (Phi) is 16.5. The van der Waals surface area contributed by atoms with E-state index < -0.39 is 24.4 Å². The zero-order valence-corrected chi connectivity index (χ0v) is 34.4. The summed E-state index contributed by atoms with van der Waals surface area (Å²) in [6.45, 7) is 2.82. The number of nitrogens with two attached hydrogens (primary N) is 1. The number of rotatable bonds is 11. The van der Waals surface area contributed by atoms with Crippen molar-refractivity contribution in [2.75, 3.05) is 49.1 Å². The second kappa shape index (κ2) is 21.7. The first-order valence-electron chi connectivity index (χ1n) is 19.7. The van der Waals surface area contributed by atoms with Gasteiger partial charge in [0, 0.05) is 58.7 Å².